The second-order valence-corrected chi connectivity index (χ2v) is 18.9. The van der Waals surface area contributed by atoms with Crippen molar-refractivity contribution in [3.63, 3.8) is 0 Å². The van der Waals surface area contributed by atoms with Crippen LogP contribution in [0.15, 0.2) is 65.4 Å². The molecule has 0 saturated carbocycles. The van der Waals surface area contributed by atoms with E-state index in [4.69, 9.17) is 28.4 Å². The molecule has 0 bridgehead atoms. The number of benzene rings is 1. The number of hydrogen-bond acceptors (Lipinski definition) is 17. The Morgan fingerprint density at radius 1 is 1.12 bits per heavy atom. The minimum atomic E-state index is -1.81. The molecular formula is C48H54N4O13S2. The normalized spacial score (nSPS) is 30.8. The van der Waals surface area contributed by atoms with E-state index in [9.17, 15) is 29.7 Å². The average molecular weight is 959 g/mol. The molecule has 67 heavy (non-hydrogen) atoms. The Bertz CT molecular complexity index is 2620. The lowest BCUT2D eigenvalue weighted by Gasteiger charge is -2.51. The van der Waals surface area contributed by atoms with Crippen molar-refractivity contribution in [1.29, 1.82) is 0 Å². The number of aliphatic hydroxyl groups is 2. The molecule has 3 aromatic rings. The minimum absolute atomic E-state index is 0.00730. The number of allylic oxidation sites excluding steroid dienone is 2. The van der Waals surface area contributed by atoms with Gasteiger partial charge in [0.25, 0.3) is 0 Å². The number of carbonyl (C=O) groups excluding carboxylic acids is 4. The van der Waals surface area contributed by atoms with Crippen molar-refractivity contribution in [2.45, 2.75) is 113 Å². The van der Waals surface area contributed by atoms with Gasteiger partial charge in [-0.2, -0.15) is 0 Å². The van der Waals surface area contributed by atoms with Crippen molar-refractivity contribution in [3.05, 3.63) is 71.1 Å². The molecule has 2 fully saturated rings. The quantitative estimate of drug-likeness (QED) is 0.105. The second kappa shape index (κ2) is 21.5. The van der Waals surface area contributed by atoms with Crippen LogP contribution in [0.2, 0.25) is 0 Å². The van der Waals surface area contributed by atoms with Gasteiger partial charge in [0.2, 0.25) is 5.78 Å². The Morgan fingerprint density at radius 2 is 1.90 bits per heavy atom. The summed E-state index contributed by atoms with van der Waals surface area (Å²) in [5.74, 6) is 10.7. The number of carbonyl (C=O) groups is 4. The highest BCUT2D eigenvalue weighted by Crippen LogP contribution is 2.46. The van der Waals surface area contributed by atoms with Gasteiger partial charge in [-0.3, -0.25) is 19.4 Å². The number of hydrogen-bond donors (Lipinski definition) is 6. The minimum Gasteiger partial charge on any atom is -0.508 e. The van der Waals surface area contributed by atoms with E-state index < -0.39 is 78.0 Å². The van der Waals surface area contributed by atoms with E-state index in [1.807, 2.05) is 13.8 Å². The number of fused-ring (bicyclic) bond motifs is 3. The van der Waals surface area contributed by atoms with E-state index in [0.29, 0.717) is 16.4 Å². The number of phenols is 1. The van der Waals surface area contributed by atoms with E-state index in [1.165, 1.54) is 25.3 Å². The van der Waals surface area contributed by atoms with Gasteiger partial charge < -0.3 is 59.4 Å². The molecule has 2 aromatic heterocycles. The number of alkyl carbamates (subject to hydrolysis) is 1. The van der Waals surface area contributed by atoms with Crippen molar-refractivity contribution in [2.24, 2.45) is 0 Å². The molecule has 1 amide bonds. The Balaban J connectivity index is 1.35. The Hall–Kier alpha value is -5.03. The van der Waals surface area contributed by atoms with Crippen LogP contribution >= 0.6 is 23.5 Å². The number of nitrogens with zero attached hydrogens (tertiary/aromatic N) is 1. The zero-order chi connectivity index (χ0) is 48.2. The van der Waals surface area contributed by atoms with Crippen LogP contribution in [-0.2, 0) is 38.0 Å². The lowest BCUT2D eigenvalue weighted by molar-refractivity contribution is -0.322. The molecule has 0 radical (unpaired) electrons. The fourth-order valence-corrected chi connectivity index (χ4v) is 10.5. The number of aromatic nitrogens is 2. The summed E-state index contributed by atoms with van der Waals surface area (Å²) < 4.78 is 35.5. The number of amides is 1. The third-order valence-corrected chi connectivity index (χ3v) is 14.2. The maximum Gasteiger partial charge on any atom is 0.407 e. The largest absolute Gasteiger partial charge is 0.508 e. The Labute approximate surface area is 396 Å². The van der Waals surface area contributed by atoms with E-state index in [1.54, 1.807) is 50.6 Å². The SMILES string of the molecule is COC(=O)NC1C(=O)C[C@H](O)/C(=C/CSC(C)=O)C2=C1C#C/C=C\C#C[C@@H]2OC1OC(C)C(SC)(C(=O)c2nccc3c2[nH]c2cc(O)ccc23)C(O)C1OC1CC(OC)C(NC(C)C)CO1. The van der Waals surface area contributed by atoms with Gasteiger partial charge in [-0.05, 0) is 49.1 Å². The van der Waals surface area contributed by atoms with E-state index in [0.717, 1.165) is 36.0 Å². The first-order valence-electron chi connectivity index (χ1n) is 21.7. The summed E-state index contributed by atoms with van der Waals surface area (Å²) in [7, 11) is 2.72. The predicted octanol–water partition coefficient (Wildman–Crippen LogP) is 3.85. The summed E-state index contributed by atoms with van der Waals surface area (Å²) in [6.45, 7) is 7.20. The molecule has 9 unspecified atom stereocenters. The fraction of sp³-hybridized carbons (Fsp3) is 0.479. The van der Waals surface area contributed by atoms with Gasteiger partial charge in [-0.25, -0.2) is 4.79 Å². The zero-order valence-electron chi connectivity index (χ0n) is 38.0. The van der Waals surface area contributed by atoms with E-state index >= 15 is 4.79 Å². The van der Waals surface area contributed by atoms with Crippen molar-refractivity contribution in [1.82, 2.24) is 20.6 Å². The molecule has 356 valence electrons. The van der Waals surface area contributed by atoms with Crippen LogP contribution < -0.4 is 10.6 Å². The average Bonchev–Trinajstić information content (AvgIpc) is 3.67. The van der Waals surface area contributed by atoms with Crippen molar-refractivity contribution >= 4 is 68.1 Å². The second-order valence-electron chi connectivity index (χ2n) is 16.6. The summed E-state index contributed by atoms with van der Waals surface area (Å²) in [6, 6.07) is 5.05. The number of H-pyrrole nitrogens is 1. The highest BCUT2D eigenvalue weighted by molar-refractivity contribution is 8.13. The number of ether oxygens (including phenoxy) is 6. The van der Waals surface area contributed by atoms with Gasteiger partial charge in [0.15, 0.2) is 23.5 Å². The number of aliphatic hydroxyl groups excluding tert-OH is 2. The van der Waals surface area contributed by atoms with Gasteiger partial charge in [0, 0.05) is 72.9 Å². The molecule has 17 nitrogen and oxygen atoms in total. The molecule has 0 spiro atoms. The smallest absolute Gasteiger partial charge is 0.407 e. The lowest BCUT2D eigenvalue weighted by atomic mass is 9.83. The van der Waals surface area contributed by atoms with Gasteiger partial charge in [-0.15, -0.1) is 11.8 Å². The predicted molar refractivity (Wildman–Crippen MR) is 251 cm³/mol. The third-order valence-electron chi connectivity index (χ3n) is 12.1. The molecule has 1 aromatic carbocycles. The Morgan fingerprint density at radius 3 is 2.61 bits per heavy atom. The van der Waals surface area contributed by atoms with Crippen LogP contribution in [0.4, 0.5) is 4.79 Å². The summed E-state index contributed by atoms with van der Waals surface area (Å²) >= 11 is 2.01. The number of rotatable bonds is 13. The number of pyridine rings is 1. The molecule has 2 saturated heterocycles. The summed E-state index contributed by atoms with van der Waals surface area (Å²) in [5.41, 5.74) is 1.25. The number of phenolic OH excluding ortho intramolecular Hbond substituents is 1. The number of methoxy groups -OCH3 is 2. The number of Topliss-reactive ketones (excluding diaryl/α,β-unsaturated/α-hetero) is 2. The molecule has 4 aliphatic rings. The maximum atomic E-state index is 15.3. The van der Waals surface area contributed by atoms with Crippen LogP contribution in [0, 0.1) is 23.7 Å². The maximum absolute atomic E-state index is 15.3. The zero-order valence-corrected chi connectivity index (χ0v) is 39.6. The first-order valence-corrected chi connectivity index (χ1v) is 23.9. The highest BCUT2D eigenvalue weighted by atomic mass is 32.2. The molecular weight excluding hydrogens is 905 g/mol. The molecule has 11 atom stereocenters. The first kappa shape index (κ1) is 49.9. The van der Waals surface area contributed by atoms with Crippen LogP contribution in [0.1, 0.15) is 51.0 Å². The first-order chi connectivity index (χ1) is 32.1. The summed E-state index contributed by atoms with van der Waals surface area (Å²) in [6.07, 6.45) is -3.75. The van der Waals surface area contributed by atoms with E-state index in [2.05, 4.69) is 44.3 Å². The molecule has 6 N–H and O–H groups in total. The topological polar surface area (TPSA) is 237 Å². The molecule has 7 rings (SSSR count). The number of nitrogens with one attached hydrogen (secondary N) is 3. The van der Waals surface area contributed by atoms with Gasteiger partial charge in [-0.1, -0.05) is 55.4 Å². The molecule has 2 aliphatic heterocycles. The monoisotopic (exact) mass is 958 g/mol. The fourth-order valence-electron chi connectivity index (χ4n) is 8.95. The van der Waals surface area contributed by atoms with Gasteiger partial charge >= 0.3 is 6.09 Å². The van der Waals surface area contributed by atoms with Crippen molar-refractivity contribution in [3.8, 4) is 29.4 Å². The number of aromatic hydroxyl groups is 1. The lowest BCUT2D eigenvalue weighted by Crippen LogP contribution is -2.68. The summed E-state index contributed by atoms with van der Waals surface area (Å²) in [5, 5.41) is 42.2. The van der Waals surface area contributed by atoms with E-state index in [-0.39, 0.29) is 70.2 Å². The number of thioether (sulfide) groups is 2. The van der Waals surface area contributed by atoms with Crippen LogP contribution in [0.5, 0.6) is 5.75 Å². The van der Waals surface area contributed by atoms with Crippen molar-refractivity contribution in [2.75, 3.05) is 32.8 Å². The molecule has 2 aliphatic carbocycles. The number of aromatic amines is 1. The summed E-state index contributed by atoms with van der Waals surface area (Å²) in [4.78, 5) is 61.8. The molecule has 4 heterocycles. The van der Waals surface area contributed by atoms with Crippen LogP contribution in [0.25, 0.3) is 21.8 Å². The number of ketones is 2. The molecule has 19 heteroatoms. The van der Waals surface area contributed by atoms with Crippen LogP contribution in [0.3, 0.4) is 0 Å². The third kappa shape index (κ3) is 10.4. The van der Waals surface area contributed by atoms with Crippen LogP contribution in [-0.4, -0.2) is 153 Å². The van der Waals surface area contributed by atoms with Gasteiger partial charge in [0.1, 0.15) is 40.5 Å². The standard InChI is InChI=1S/C48H54N4O13S2/c1-24(2)50-33-23-62-38(22-37(33)60-5)65-43-45(58)48(66-7,44(57)42-41-29(16-18-49-42)28-15-14-27(54)20-32(28)51-41)25(3)63-46(43)64-36-13-11-9-8-10-12-31-39(36)30(17-19-67-26(4)53)34(55)21-35(56)40(31)52-47(59)61-6/h8-9,14-18,20,24-25,33-34,36-38,40,43,45-46,50-51,54-55,58H,19,21-23H2,1-7H3,(H,52,59)/b9-8-,30-17-/t25?,33?,34-,36-,37?,38?,40?,43?,45?,46?,48?/m0/s1. The van der Waals surface area contributed by atoms with Gasteiger partial charge in [0.05, 0.1) is 49.1 Å². The van der Waals surface area contributed by atoms with Crippen molar-refractivity contribution < 1.29 is 62.9 Å². The highest BCUT2D eigenvalue weighted by Gasteiger charge is 2.61. The Kier molecular flexibility index (Phi) is 16.0.